The van der Waals surface area contributed by atoms with Gasteiger partial charge in [0.05, 0.1) is 47.9 Å². The quantitative estimate of drug-likeness (QED) is 0.0276. The summed E-state index contributed by atoms with van der Waals surface area (Å²) in [7, 11) is -8.27. The molecule has 0 saturated carbocycles. The summed E-state index contributed by atoms with van der Waals surface area (Å²) in [5.41, 5.74) is 0.641. The minimum Gasteiger partial charge on any atom is -0.543 e. The maximum atomic E-state index is 12.5. The second kappa shape index (κ2) is 27.2. The van der Waals surface area contributed by atoms with Crippen LogP contribution >= 0.6 is 93.2 Å². The molecule has 0 aromatic carbocycles. The molecule has 36 heteroatoms. The predicted octanol–water partition coefficient (Wildman–Crippen LogP) is -9.33. The van der Waals surface area contributed by atoms with Gasteiger partial charge in [0.15, 0.2) is 8.68 Å². The second-order valence-corrected chi connectivity index (χ2v) is 24.5. The maximum absolute atomic E-state index is 12.5. The van der Waals surface area contributed by atoms with Crippen LogP contribution in [0, 0.1) is 0 Å². The third kappa shape index (κ3) is 16.7. The summed E-state index contributed by atoms with van der Waals surface area (Å²) in [5, 5.41) is 49.6. The predicted molar refractivity (Wildman–Crippen MR) is 239 cm³/mol. The fourth-order valence-corrected chi connectivity index (χ4v) is 14.0. The molecule has 2 fully saturated rings. The Labute approximate surface area is 455 Å². The SMILES string of the molecule is CSCC(=O)NC1C(=O)N2C(C(=O)[O-])=C(CSc3nnc(CNCS(=O)(=O)O)s3)CS[C@H]12.CSCC(=O)NC1C(=O)N2C(C(=O)[O-])=C(CSc3nnc(CNCS(=O)(=O)O)s3)CS[C@H]12.[Na+].[Na+]. The number of amides is 4. The molecule has 0 bridgehead atoms. The zero-order valence-electron chi connectivity index (χ0n) is 34.9. The number of carboxylic acids is 2. The summed E-state index contributed by atoms with van der Waals surface area (Å²) in [6.07, 6.45) is 3.53. The van der Waals surface area contributed by atoms with Crippen LogP contribution in [0.1, 0.15) is 10.0 Å². The number of aliphatic carboxylic acids is 2. The van der Waals surface area contributed by atoms with Gasteiger partial charge in [-0.3, -0.25) is 48.7 Å². The van der Waals surface area contributed by atoms with E-state index in [4.69, 9.17) is 9.11 Å². The Morgan fingerprint density at radius 3 is 1.36 bits per heavy atom. The minimum atomic E-state index is -4.14. The number of thioether (sulfide) groups is 6. The molecule has 4 atom stereocenters. The van der Waals surface area contributed by atoms with Crippen LogP contribution in [0.4, 0.5) is 0 Å². The van der Waals surface area contributed by atoms with E-state index in [1.807, 2.05) is 0 Å². The summed E-state index contributed by atoms with van der Waals surface area (Å²) in [6.45, 7) is 0.183. The molecule has 4 aliphatic heterocycles. The molecule has 2 unspecified atom stereocenters. The third-order valence-corrected chi connectivity index (χ3v) is 17.6. The number of nitrogens with zero attached hydrogens (tertiary/aromatic N) is 6. The van der Waals surface area contributed by atoms with Gasteiger partial charge in [0.25, 0.3) is 32.1 Å². The van der Waals surface area contributed by atoms with Crippen LogP contribution in [0.15, 0.2) is 31.2 Å². The Kier molecular flexibility index (Phi) is 24.5. The van der Waals surface area contributed by atoms with Crippen molar-refractivity contribution >= 4 is 149 Å². The number of hydrogen-bond acceptors (Lipinski definition) is 26. The Balaban J connectivity index is 0.000000340. The van der Waals surface area contributed by atoms with Crippen molar-refractivity contribution < 1.29 is 124 Å². The van der Waals surface area contributed by atoms with Crippen LogP contribution in [0.25, 0.3) is 0 Å². The standard InChI is InChI=1S/2C15H19N5O7S5.2Na/c2*1-28-5-8(21)17-10-12(22)20-11(14(23)24)7(3-29-13(10)20)4-30-15-19-18-9(31-15)2-16-6-32(25,26)27;;/h2*10,13,16H,2-6H2,1H3,(H,17,21)(H,23,24)(H,25,26,27);;/q;;2*+1/p-2/t2*10?,13-;;/m11../s1. The van der Waals surface area contributed by atoms with Crippen molar-refractivity contribution in [3.05, 3.63) is 32.6 Å². The van der Waals surface area contributed by atoms with E-state index in [2.05, 4.69) is 41.7 Å². The fraction of sp³-hybridized carbons (Fsp3) is 0.533. The fourth-order valence-electron chi connectivity index (χ4n) is 5.87. The van der Waals surface area contributed by atoms with Crippen LogP contribution in [0.5, 0.6) is 0 Å². The number of β-lactam (4-membered cyclic amide) rings is 2. The monoisotopic (exact) mass is 1130 g/mol. The molecular formula is C30H36N10Na2O14S10. The smallest absolute Gasteiger partial charge is 0.543 e. The number of carbonyl (C=O) groups is 6. The molecule has 2 saturated heterocycles. The van der Waals surface area contributed by atoms with Crippen molar-refractivity contribution in [3.63, 3.8) is 0 Å². The summed E-state index contributed by atoms with van der Waals surface area (Å²) < 4.78 is 61.3. The van der Waals surface area contributed by atoms with Crippen molar-refractivity contribution in [3.8, 4) is 0 Å². The van der Waals surface area contributed by atoms with Crippen LogP contribution in [-0.2, 0) is 62.1 Å². The summed E-state index contributed by atoms with van der Waals surface area (Å²) in [5.74, 6) is -4.08. The van der Waals surface area contributed by atoms with Crippen LogP contribution < -0.4 is 90.6 Å². The maximum Gasteiger partial charge on any atom is 1.00 e. The summed E-state index contributed by atoms with van der Waals surface area (Å²) in [4.78, 5) is 74.5. The van der Waals surface area contributed by atoms with Gasteiger partial charge < -0.3 is 30.4 Å². The molecule has 352 valence electrons. The van der Waals surface area contributed by atoms with Gasteiger partial charge >= 0.3 is 59.1 Å². The number of aromatic nitrogens is 4. The molecule has 6 heterocycles. The minimum absolute atomic E-state index is 0. The molecule has 6 rings (SSSR count). The largest absolute Gasteiger partial charge is 1.00 e. The topological polar surface area (TPSA) is 363 Å². The van der Waals surface area contributed by atoms with Gasteiger partial charge in [0.1, 0.15) is 44.6 Å². The number of fused-ring (bicyclic) bond motifs is 2. The summed E-state index contributed by atoms with van der Waals surface area (Å²) in [6, 6.07) is -1.52. The van der Waals surface area contributed by atoms with Crippen LogP contribution in [0.2, 0.25) is 0 Å². The normalized spacial score (nSPS) is 20.1. The Morgan fingerprint density at radius 1 is 0.682 bits per heavy atom. The van der Waals surface area contributed by atoms with Gasteiger partial charge in [-0.1, -0.05) is 46.2 Å². The molecule has 4 aliphatic rings. The van der Waals surface area contributed by atoms with Gasteiger partial charge in [0.2, 0.25) is 11.8 Å². The average molecular weight is 1130 g/mol. The van der Waals surface area contributed by atoms with E-state index in [1.165, 1.54) is 93.2 Å². The van der Waals surface area contributed by atoms with Crippen molar-refractivity contribution in [2.24, 2.45) is 0 Å². The molecular weight excluding hydrogens is 1090 g/mol. The molecule has 4 amide bonds. The van der Waals surface area contributed by atoms with Crippen molar-refractivity contribution in [1.29, 1.82) is 0 Å². The first-order valence-electron chi connectivity index (χ1n) is 17.8. The van der Waals surface area contributed by atoms with E-state index in [0.29, 0.717) is 41.3 Å². The second-order valence-electron chi connectivity index (χ2n) is 13.1. The van der Waals surface area contributed by atoms with Crippen LogP contribution in [0.3, 0.4) is 0 Å². The first kappa shape index (κ1) is 59.6. The number of rotatable bonds is 22. The Morgan fingerprint density at radius 2 is 1.05 bits per heavy atom. The molecule has 24 nitrogen and oxygen atoms in total. The Hall–Kier alpha value is -0.740. The molecule has 0 radical (unpaired) electrons. The van der Waals surface area contributed by atoms with Gasteiger partial charge in [-0.05, 0) is 23.7 Å². The van der Waals surface area contributed by atoms with E-state index in [9.17, 15) is 55.8 Å². The molecule has 2 aromatic heterocycles. The molecule has 2 aromatic rings. The average Bonchev–Trinajstić information content (AvgIpc) is 3.88. The van der Waals surface area contributed by atoms with Crippen molar-refractivity contribution in [1.82, 2.24) is 51.5 Å². The van der Waals surface area contributed by atoms with Crippen LogP contribution in [-0.4, -0.2) is 173 Å². The molecule has 66 heavy (non-hydrogen) atoms. The number of carboxylic acid groups (broad SMARTS) is 2. The summed E-state index contributed by atoms with van der Waals surface area (Å²) >= 11 is 10.2. The zero-order chi connectivity index (χ0) is 46.9. The van der Waals surface area contributed by atoms with E-state index in [0.717, 1.165) is 9.80 Å². The number of hydrogen-bond donors (Lipinski definition) is 6. The van der Waals surface area contributed by atoms with E-state index >= 15 is 0 Å². The van der Waals surface area contributed by atoms with Gasteiger partial charge in [-0.25, -0.2) is 0 Å². The third-order valence-electron chi connectivity index (χ3n) is 8.42. The first-order valence-corrected chi connectivity index (χ1v) is 29.5. The van der Waals surface area contributed by atoms with E-state index < -0.39 is 78.6 Å². The van der Waals surface area contributed by atoms with Gasteiger partial charge in [-0.15, -0.1) is 43.9 Å². The molecule has 6 N–H and O–H groups in total. The Bertz CT molecular complexity index is 2260. The number of carbonyl (C=O) groups excluding carboxylic acids is 6. The van der Waals surface area contributed by atoms with Crippen molar-refractivity contribution in [2.45, 2.75) is 44.6 Å². The molecule has 0 spiro atoms. The zero-order valence-corrected chi connectivity index (χ0v) is 47.1. The molecule has 0 aliphatic carbocycles. The van der Waals surface area contributed by atoms with Gasteiger partial charge in [0, 0.05) is 23.0 Å². The number of nitrogens with one attached hydrogen (secondary N) is 4. The van der Waals surface area contributed by atoms with E-state index in [-0.39, 0.29) is 118 Å². The van der Waals surface area contributed by atoms with E-state index in [1.54, 1.807) is 12.5 Å². The van der Waals surface area contributed by atoms with Crippen molar-refractivity contribution in [2.75, 3.05) is 58.8 Å². The van der Waals surface area contributed by atoms with Gasteiger partial charge in [-0.2, -0.15) is 40.4 Å². The first-order chi connectivity index (χ1) is 30.2.